The molecule has 1 N–H and O–H groups in total. The van der Waals surface area contributed by atoms with Crippen molar-refractivity contribution in [3.63, 3.8) is 0 Å². The van der Waals surface area contributed by atoms with Crippen LogP contribution in [0, 0.1) is 17.1 Å². The third-order valence-electron chi connectivity index (χ3n) is 5.64. The van der Waals surface area contributed by atoms with E-state index in [-0.39, 0.29) is 25.3 Å². The number of H-pyrrole nitrogens is 1. The fourth-order valence-corrected chi connectivity index (χ4v) is 4.00. The number of aromatic nitrogens is 3. The number of nitriles is 1. The summed E-state index contributed by atoms with van der Waals surface area (Å²) < 4.78 is 25.3. The van der Waals surface area contributed by atoms with E-state index in [4.69, 9.17) is 14.7 Å². The molecule has 0 saturated carbocycles. The fraction of sp³-hybridized carbons (Fsp3) is 0.409. The second kappa shape index (κ2) is 9.68. The van der Waals surface area contributed by atoms with Crippen molar-refractivity contribution in [3.8, 4) is 6.07 Å². The molecule has 4 rings (SSSR count). The molecular formula is C22H23FN6O4. The molecule has 1 atom stereocenters. The summed E-state index contributed by atoms with van der Waals surface area (Å²) in [5.74, 6) is -1.04. The van der Waals surface area contributed by atoms with Gasteiger partial charge < -0.3 is 14.4 Å². The summed E-state index contributed by atoms with van der Waals surface area (Å²) >= 11 is 0. The zero-order valence-electron chi connectivity index (χ0n) is 18.1. The number of piperidine rings is 1. The minimum Gasteiger partial charge on any atom is -0.461 e. The third kappa shape index (κ3) is 4.79. The van der Waals surface area contributed by atoms with Crippen molar-refractivity contribution in [2.75, 3.05) is 36.0 Å². The van der Waals surface area contributed by atoms with Gasteiger partial charge in [-0.25, -0.2) is 14.0 Å². The normalized spacial score (nSPS) is 18.2. The van der Waals surface area contributed by atoms with Crippen LogP contribution < -0.4 is 9.80 Å². The van der Waals surface area contributed by atoms with Crippen molar-refractivity contribution in [1.29, 1.82) is 5.26 Å². The van der Waals surface area contributed by atoms with Crippen LogP contribution in [0.5, 0.6) is 0 Å². The Morgan fingerprint density at radius 3 is 2.88 bits per heavy atom. The summed E-state index contributed by atoms with van der Waals surface area (Å²) in [5.41, 5.74) is 2.30. The van der Waals surface area contributed by atoms with Crippen LogP contribution in [0.25, 0.3) is 0 Å². The minimum atomic E-state index is -0.604. The first-order valence-electron chi connectivity index (χ1n) is 10.7. The molecule has 1 unspecified atom stereocenters. The molecule has 172 valence electrons. The van der Waals surface area contributed by atoms with Crippen molar-refractivity contribution >= 4 is 23.4 Å². The van der Waals surface area contributed by atoms with Crippen LogP contribution in [-0.2, 0) is 15.9 Å². The standard InChI is InChI=1S/C22H23FN6O4/c1-2-32-21(30)20-18(25-27-26-20)12-16-13-29(22(31)33-16)15-3-4-19(17(23)11-15)28-9-6-14(5-8-24)7-10-28/h3-5,11,16H,2,6-7,9-10,12-13H2,1H3,(H,25,26,27). The lowest BCUT2D eigenvalue weighted by molar-refractivity contribution is 0.0517. The highest BCUT2D eigenvalue weighted by atomic mass is 19.1. The first kappa shape index (κ1) is 22.3. The highest BCUT2D eigenvalue weighted by Gasteiger charge is 2.35. The second-order valence-electron chi connectivity index (χ2n) is 7.71. The fourth-order valence-electron chi connectivity index (χ4n) is 4.00. The number of anilines is 2. The molecule has 2 saturated heterocycles. The molecule has 11 heteroatoms. The number of carbonyl (C=O) groups is 2. The van der Waals surface area contributed by atoms with Gasteiger partial charge in [-0.3, -0.25) is 4.90 Å². The van der Waals surface area contributed by atoms with Gasteiger partial charge in [0.1, 0.15) is 17.6 Å². The van der Waals surface area contributed by atoms with Gasteiger partial charge in [0.05, 0.1) is 30.6 Å². The molecule has 0 aliphatic carbocycles. The van der Waals surface area contributed by atoms with E-state index in [1.54, 1.807) is 25.1 Å². The zero-order chi connectivity index (χ0) is 23.4. The van der Waals surface area contributed by atoms with E-state index < -0.39 is 24.0 Å². The summed E-state index contributed by atoms with van der Waals surface area (Å²) in [7, 11) is 0. The largest absolute Gasteiger partial charge is 0.461 e. The topological polar surface area (TPSA) is 124 Å². The number of cyclic esters (lactones) is 1. The number of nitrogens with zero attached hydrogens (tertiary/aromatic N) is 5. The minimum absolute atomic E-state index is 0.0519. The van der Waals surface area contributed by atoms with E-state index in [0.29, 0.717) is 43.0 Å². The van der Waals surface area contributed by atoms with Crippen LogP contribution in [0.15, 0.2) is 29.8 Å². The smallest absolute Gasteiger partial charge is 0.414 e. The number of benzene rings is 1. The molecule has 2 aliphatic rings. The molecule has 2 fully saturated rings. The Kier molecular flexibility index (Phi) is 6.53. The molecule has 33 heavy (non-hydrogen) atoms. The number of allylic oxidation sites excluding steroid dienone is 1. The van der Waals surface area contributed by atoms with Gasteiger partial charge in [-0.2, -0.15) is 15.6 Å². The summed E-state index contributed by atoms with van der Waals surface area (Å²) in [4.78, 5) is 27.7. The Morgan fingerprint density at radius 1 is 1.39 bits per heavy atom. The summed E-state index contributed by atoms with van der Waals surface area (Å²) in [6, 6.07) is 6.70. The average Bonchev–Trinajstić information content (AvgIpc) is 3.41. The van der Waals surface area contributed by atoms with Crippen LogP contribution in [0.2, 0.25) is 0 Å². The van der Waals surface area contributed by atoms with Gasteiger partial charge in [0.25, 0.3) is 0 Å². The van der Waals surface area contributed by atoms with Crippen molar-refractivity contribution < 1.29 is 23.5 Å². The Morgan fingerprint density at radius 2 is 2.18 bits per heavy atom. The lowest BCUT2D eigenvalue weighted by atomic mass is 10.0. The highest BCUT2D eigenvalue weighted by molar-refractivity contribution is 5.90. The predicted molar refractivity (Wildman–Crippen MR) is 115 cm³/mol. The van der Waals surface area contributed by atoms with E-state index in [9.17, 15) is 14.0 Å². The Labute approximate surface area is 189 Å². The van der Waals surface area contributed by atoms with Crippen molar-refractivity contribution in [2.45, 2.75) is 32.3 Å². The van der Waals surface area contributed by atoms with Crippen LogP contribution in [0.1, 0.15) is 35.9 Å². The molecule has 0 radical (unpaired) electrons. The lowest BCUT2D eigenvalue weighted by Crippen LogP contribution is -2.31. The summed E-state index contributed by atoms with van der Waals surface area (Å²) in [5, 5.41) is 19.0. The van der Waals surface area contributed by atoms with Crippen LogP contribution in [0.4, 0.5) is 20.6 Å². The van der Waals surface area contributed by atoms with E-state index in [1.807, 2.05) is 11.0 Å². The van der Waals surface area contributed by atoms with Gasteiger partial charge in [0.2, 0.25) is 0 Å². The first-order valence-corrected chi connectivity index (χ1v) is 10.7. The number of carbonyl (C=O) groups excluding carboxylic acids is 2. The predicted octanol–water partition coefficient (Wildman–Crippen LogP) is 2.74. The number of amides is 1. The number of hydrogen-bond acceptors (Lipinski definition) is 8. The number of aromatic amines is 1. The van der Waals surface area contributed by atoms with Gasteiger partial charge in [0, 0.05) is 25.6 Å². The second-order valence-corrected chi connectivity index (χ2v) is 7.71. The van der Waals surface area contributed by atoms with Gasteiger partial charge in [0.15, 0.2) is 5.69 Å². The summed E-state index contributed by atoms with van der Waals surface area (Å²) in [6.45, 7) is 3.32. The molecule has 3 heterocycles. The molecule has 1 aromatic carbocycles. The molecule has 1 aromatic heterocycles. The molecule has 10 nitrogen and oxygen atoms in total. The molecular weight excluding hydrogens is 431 g/mol. The van der Waals surface area contributed by atoms with Crippen molar-refractivity contribution in [2.24, 2.45) is 0 Å². The molecule has 1 amide bonds. The summed E-state index contributed by atoms with van der Waals surface area (Å²) in [6.07, 6.45) is 1.97. The maximum atomic E-state index is 14.9. The Bertz CT molecular complexity index is 1110. The van der Waals surface area contributed by atoms with Crippen molar-refractivity contribution in [1.82, 2.24) is 15.4 Å². The number of hydrogen-bond donors (Lipinski definition) is 1. The lowest BCUT2D eigenvalue weighted by Gasteiger charge is -2.30. The maximum absolute atomic E-state index is 14.9. The quantitative estimate of drug-likeness (QED) is 0.522. The van der Waals surface area contributed by atoms with E-state index in [1.165, 1.54) is 11.0 Å². The van der Waals surface area contributed by atoms with E-state index in [0.717, 1.165) is 5.57 Å². The number of ether oxygens (including phenoxy) is 2. The molecule has 0 spiro atoms. The van der Waals surface area contributed by atoms with Crippen molar-refractivity contribution in [3.05, 3.63) is 47.1 Å². The number of esters is 1. The Balaban J connectivity index is 1.42. The Hall–Kier alpha value is -3.94. The number of halogens is 1. The van der Waals surface area contributed by atoms with Gasteiger partial charge in [-0.05, 0) is 38.0 Å². The third-order valence-corrected chi connectivity index (χ3v) is 5.64. The van der Waals surface area contributed by atoms with Crippen LogP contribution in [-0.4, -0.2) is 59.8 Å². The maximum Gasteiger partial charge on any atom is 0.414 e. The number of rotatable bonds is 6. The van der Waals surface area contributed by atoms with Gasteiger partial charge in [-0.1, -0.05) is 5.57 Å². The van der Waals surface area contributed by atoms with E-state index in [2.05, 4.69) is 15.4 Å². The first-order chi connectivity index (χ1) is 16.0. The van der Waals surface area contributed by atoms with Gasteiger partial charge >= 0.3 is 12.1 Å². The van der Waals surface area contributed by atoms with E-state index >= 15 is 0 Å². The molecule has 2 aromatic rings. The monoisotopic (exact) mass is 454 g/mol. The SMILES string of the molecule is CCOC(=O)c1n[nH]nc1CC1CN(c2ccc(N3CCC(=CC#N)CC3)c(F)c2)C(=O)O1. The van der Waals surface area contributed by atoms with Gasteiger partial charge in [-0.15, -0.1) is 5.10 Å². The average molecular weight is 454 g/mol. The number of nitrogens with one attached hydrogen (secondary N) is 1. The highest BCUT2D eigenvalue weighted by Crippen LogP contribution is 2.30. The zero-order valence-corrected chi connectivity index (χ0v) is 18.1. The molecule has 0 bridgehead atoms. The van der Waals surface area contributed by atoms with Crippen LogP contribution >= 0.6 is 0 Å². The molecule has 2 aliphatic heterocycles. The van der Waals surface area contributed by atoms with Crippen LogP contribution in [0.3, 0.4) is 0 Å².